The van der Waals surface area contributed by atoms with Crippen molar-refractivity contribution in [2.45, 2.75) is 17.7 Å². The van der Waals surface area contributed by atoms with Crippen LogP contribution in [-0.2, 0) is 16.6 Å². The summed E-state index contributed by atoms with van der Waals surface area (Å²) >= 11 is 1.11. The van der Waals surface area contributed by atoms with Gasteiger partial charge in [-0.25, -0.2) is 13.1 Å². The first-order valence-electron chi connectivity index (χ1n) is 5.05. The molecule has 0 bridgehead atoms. The molecule has 0 spiro atoms. The summed E-state index contributed by atoms with van der Waals surface area (Å²) in [6.45, 7) is 1.89. The van der Waals surface area contributed by atoms with Crippen LogP contribution in [-0.4, -0.2) is 20.7 Å². The molecule has 0 aliphatic heterocycles. The number of nitrogens with one attached hydrogen (secondary N) is 1. The molecule has 0 saturated carbocycles. The quantitative estimate of drug-likeness (QED) is 0.902. The second-order valence-corrected chi connectivity index (χ2v) is 6.40. The molecule has 0 saturated heterocycles. The first-order valence-corrected chi connectivity index (χ1v) is 7.42. The SMILES string of the molecule is COc1ccsc1S(=O)(=O)NCc1conc1C. The van der Waals surface area contributed by atoms with E-state index in [0.29, 0.717) is 17.0 Å². The Balaban J connectivity index is 2.16. The van der Waals surface area contributed by atoms with Gasteiger partial charge in [0.25, 0.3) is 10.0 Å². The fourth-order valence-corrected chi connectivity index (χ4v) is 3.68. The van der Waals surface area contributed by atoms with Gasteiger partial charge in [-0.2, -0.15) is 0 Å². The Hall–Kier alpha value is -1.38. The molecule has 98 valence electrons. The second kappa shape index (κ2) is 5.09. The summed E-state index contributed by atoms with van der Waals surface area (Å²) in [5.41, 5.74) is 1.37. The van der Waals surface area contributed by atoms with E-state index in [-0.39, 0.29) is 10.8 Å². The topological polar surface area (TPSA) is 81.4 Å². The van der Waals surface area contributed by atoms with E-state index in [1.807, 2.05) is 0 Å². The lowest BCUT2D eigenvalue weighted by Gasteiger charge is -2.05. The number of thiophene rings is 1. The van der Waals surface area contributed by atoms with E-state index in [9.17, 15) is 8.42 Å². The van der Waals surface area contributed by atoms with Crippen molar-refractivity contribution in [2.75, 3.05) is 7.11 Å². The Labute approximate surface area is 109 Å². The van der Waals surface area contributed by atoms with Crippen molar-refractivity contribution in [1.82, 2.24) is 9.88 Å². The minimum Gasteiger partial charge on any atom is -0.494 e. The van der Waals surface area contributed by atoms with E-state index >= 15 is 0 Å². The molecule has 2 aromatic heterocycles. The minimum atomic E-state index is -3.58. The highest BCUT2D eigenvalue weighted by Gasteiger charge is 2.21. The molecule has 0 unspecified atom stereocenters. The Bertz CT molecular complexity index is 630. The number of aryl methyl sites for hydroxylation is 1. The van der Waals surface area contributed by atoms with Crippen molar-refractivity contribution < 1.29 is 17.7 Å². The van der Waals surface area contributed by atoms with E-state index in [0.717, 1.165) is 11.3 Å². The second-order valence-electron chi connectivity index (χ2n) is 3.53. The van der Waals surface area contributed by atoms with Gasteiger partial charge >= 0.3 is 0 Å². The van der Waals surface area contributed by atoms with Crippen molar-refractivity contribution >= 4 is 21.4 Å². The number of methoxy groups -OCH3 is 1. The molecular formula is C10H12N2O4S2. The van der Waals surface area contributed by atoms with Gasteiger partial charge in [0.05, 0.1) is 12.8 Å². The van der Waals surface area contributed by atoms with Gasteiger partial charge in [-0.1, -0.05) is 5.16 Å². The van der Waals surface area contributed by atoms with Crippen molar-refractivity contribution in [1.29, 1.82) is 0 Å². The third kappa shape index (κ3) is 2.55. The minimum absolute atomic E-state index is 0.138. The molecule has 2 rings (SSSR count). The zero-order valence-corrected chi connectivity index (χ0v) is 11.5. The van der Waals surface area contributed by atoms with Crippen molar-refractivity contribution in [3.63, 3.8) is 0 Å². The predicted octanol–water partition coefficient (Wildman–Crippen LogP) is 1.53. The molecule has 2 aromatic rings. The molecule has 0 amide bonds. The van der Waals surface area contributed by atoms with E-state index in [2.05, 4.69) is 9.88 Å². The smallest absolute Gasteiger partial charge is 0.254 e. The van der Waals surface area contributed by atoms with Gasteiger partial charge in [0.1, 0.15) is 12.0 Å². The van der Waals surface area contributed by atoms with Crippen LogP contribution in [0.25, 0.3) is 0 Å². The summed E-state index contributed by atoms with van der Waals surface area (Å²) in [7, 11) is -2.14. The van der Waals surface area contributed by atoms with Crippen LogP contribution < -0.4 is 9.46 Å². The van der Waals surface area contributed by atoms with Crippen LogP contribution in [0.15, 0.2) is 26.4 Å². The lowest BCUT2D eigenvalue weighted by atomic mass is 10.3. The highest BCUT2D eigenvalue weighted by atomic mass is 32.2. The summed E-state index contributed by atoms with van der Waals surface area (Å²) in [4.78, 5) is 0. The van der Waals surface area contributed by atoms with Crippen LogP contribution in [0.5, 0.6) is 5.75 Å². The monoisotopic (exact) mass is 288 g/mol. The normalized spacial score (nSPS) is 11.7. The third-order valence-corrected chi connectivity index (χ3v) is 5.21. The Morgan fingerprint density at radius 1 is 1.56 bits per heavy atom. The van der Waals surface area contributed by atoms with E-state index < -0.39 is 10.0 Å². The number of ether oxygens (including phenoxy) is 1. The lowest BCUT2D eigenvalue weighted by Crippen LogP contribution is -2.22. The average molecular weight is 288 g/mol. The van der Waals surface area contributed by atoms with Crippen LogP contribution in [0.1, 0.15) is 11.3 Å². The molecule has 0 aliphatic carbocycles. The maximum atomic E-state index is 12.0. The van der Waals surface area contributed by atoms with Crippen LogP contribution in [0.3, 0.4) is 0 Å². The number of sulfonamides is 1. The van der Waals surface area contributed by atoms with E-state index in [4.69, 9.17) is 9.26 Å². The maximum absolute atomic E-state index is 12.0. The molecular weight excluding hydrogens is 276 g/mol. The Kier molecular flexibility index (Phi) is 3.69. The van der Waals surface area contributed by atoms with Crippen molar-refractivity contribution in [2.24, 2.45) is 0 Å². The van der Waals surface area contributed by atoms with Crippen molar-refractivity contribution in [3.8, 4) is 5.75 Å². The molecule has 0 radical (unpaired) electrons. The first-order chi connectivity index (χ1) is 8.54. The van der Waals surface area contributed by atoms with Crippen LogP contribution in [0, 0.1) is 6.92 Å². The number of hydrogen-bond donors (Lipinski definition) is 1. The van der Waals surface area contributed by atoms with Crippen LogP contribution in [0.4, 0.5) is 0 Å². The highest BCUT2D eigenvalue weighted by Crippen LogP contribution is 2.29. The molecule has 0 fully saturated rings. The molecule has 6 nitrogen and oxygen atoms in total. The predicted molar refractivity (Wildman–Crippen MR) is 66.1 cm³/mol. The van der Waals surface area contributed by atoms with Gasteiger partial charge in [0.15, 0.2) is 4.21 Å². The molecule has 8 heteroatoms. The molecule has 1 N–H and O–H groups in total. The first kappa shape index (κ1) is 13.1. The van der Waals surface area contributed by atoms with E-state index in [1.54, 1.807) is 18.4 Å². The summed E-state index contributed by atoms with van der Waals surface area (Å²) < 4.78 is 36.5. The fraction of sp³-hybridized carbons (Fsp3) is 0.300. The summed E-state index contributed by atoms with van der Waals surface area (Å²) in [6, 6.07) is 1.61. The van der Waals surface area contributed by atoms with Gasteiger partial charge in [-0.3, -0.25) is 0 Å². The van der Waals surface area contributed by atoms with Crippen LogP contribution in [0.2, 0.25) is 0 Å². The molecule has 0 atom stereocenters. The molecule has 0 aliphatic rings. The zero-order valence-electron chi connectivity index (χ0n) is 9.84. The fourth-order valence-electron chi connectivity index (χ4n) is 1.35. The van der Waals surface area contributed by atoms with Gasteiger partial charge in [-0.15, -0.1) is 11.3 Å². The number of hydrogen-bond acceptors (Lipinski definition) is 6. The van der Waals surface area contributed by atoms with Gasteiger partial charge in [0.2, 0.25) is 0 Å². The van der Waals surface area contributed by atoms with E-state index in [1.165, 1.54) is 13.4 Å². The van der Waals surface area contributed by atoms with Gasteiger partial charge in [-0.05, 0) is 18.4 Å². The van der Waals surface area contributed by atoms with Crippen molar-refractivity contribution in [3.05, 3.63) is 29.0 Å². The molecule has 18 heavy (non-hydrogen) atoms. The van der Waals surface area contributed by atoms with Crippen LogP contribution >= 0.6 is 11.3 Å². The maximum Gasteiger partial charge on any atom is 0.254 e. The standard InChI is InChI=1S/C10H12N2O4S2/c1-7-8(6-16-12-7)5-11-18(13,14)10-9(15-2)3-4-17-10/h3-4,6,11H,5H2,1-2H3. The van der Waals surface area contributed by atoms with Gasteiger partial charge < -0.3 is 9.26 Å². The Morgan fingerprint density at radius 3 is 2.94 bits per heavy atom. The summed E-state index contributed by atoms with van der Waals surface area (Å²) in [6.07, 6.45) is 1.42. The average Bonchev–Trinajstić information content (AvgIpc) is 2.95. The molecule has 0 aromatic carbocycles. The third-order valence-electron chi connectivity index (χ3n) is 2.36. The lowest BCUT2D eigenvalue weighted by molar-refractivity contribution is 0.406. The number of rotatable bonds is 5. The molecule has 2 heterocycles. The summed E-state index contributed by atoms with van der Waals surface area (Å²) in [5, 5.41) is 5.35. The summed E-state index contributed by atoms with van der Waals surface area (Å²) in [5.74, 6) is 0.342. The largest absolute Gasteiger partial charge is 0.494 e. The zero-order chi connectivity index (χ0) is 13.2. The Morgan fingerprint density at radius 2 is 2.33 bits per heavy atom. The number of nitrogens with zero attached hydrogens (tertiary/aromatic N) is 1. The number of aromatic nitrogens is 1. The van der Waals surface area contributed by atoms with Gasteiger partial charge in [0, 0.05) is 12.1 Å². The highest BCUT2D eigenvalue weighted by molar-refractivity contribution is 7.91.